The molecule has 1 fully saturated rings. The first-order valence-electron chi connectivity index (χ1n) is 7.33. The van der Waals surface area contributed by atoms with E-state index in [1.165, 1.54) is 37.8 Å². The Kier molecular flexibility index (Phi) is 3.74. The number of hydrogen-bond donors (Lipinski definition) is 0. The van der Waals surface area contributed by atoms with Crippen LogP contribution in [0.5, 0.6) is 0 Å². The monoisotopic (exact) mass is 277 g/mol. The van der Waals surface area contributed by atoms with Gasteiger partial charge in [0.05, 0.1) is 5.69 Å². The zero-order valence-corrected chi connectivity index (χ0v) is 12.2. The summed E-state index contributed by atoms with van der Waals surface area (Å²) in [5, 5.41) is 5.34. The van der Waals surface area contributed by atoms with Crippen molar-refractivity contribution in [2.75, 3.05) is 0 Å². The molecular weight excluding hydrogens is 258 g/mol. The Labute approximate surface area is 119 Å². The topological polar surface area (TPSA) is 30.2 Å². The van der Waals surface area contributed by atoms with Crippen molar-refractivity contribution >= 4 is 17.2 Å². The Morgan fingerprint density at radius 1 is 1.26 bits per heavy atom. The van der Waals surface area contributed by atoms with E-state index in [4.69, 9.17) is 11.6 Å². The van der Waals surface area contributed by atoms with Crippen LogP contribution in [0.25, 0.3) is 5.65 Å². The Balaban J connectivity index is 1.97. The Morgan fingerprint density at radius 2 is 2.05 bits per heavy atom. The highest BCUT2D eigenvalue weighted by Gasteiger charge is 2.19. The van der Waals surface area contributed by atoms with E-state index in [1.807, 2.05) is 6.07 Å². The summed E-state index contributed by atoms with van der Waals surface area (Å²) in [7, 11) is 0. The second-order valence-electron chi connectivity index (χ2n) is 5.49. The van der Waals surface area contributed by atoms with Crippen LogP contribution in [0.15, 0.2) is 12.1 Å². The van der Waals surface area contributed by atoms with Crippen LogP contribution in [0, 0.1) is 0 Å². The molecule has 1 aliphatic rings. The summed E-state index contributed by atoms with van der Waals surface area (Å²) >= 11 is 6.31. The normalized spacial score (nSPS) is 17.2. The molecule has 3 nitrogen and oxygen atoms in total. The van der Waals surface area contributed by atoms with Gasteiger partial charge in [-0.2, -0.15) is 5.10 Å². The van der Waals surface area contributed by atoms with Crippen molar-refractivity contribution in [3.8, 4) is 0 Å². The van der Waals surface area contributed by atoms with Crippen molar-refractivity contribution in [3.63, 3.8) is 0 Å². The van der Waals surface area contributed by atoms with Crippen molar-refractivity contribution in [1.82, 2.24) is 14.6 Å². The molecular formula is C15H20ClN3. The van der Waals surface area contributed by atoms with E-state index in [2.05, 4.69) is 23.1 Å². The molecule has 0 aliphatic heterocycles. The lowest BCUT2D eigenvalue weighted by Crippen LogP contribution is -2.05. The molecule has 4 heteroatoms. The third-order valence-corrected chi connectivity index (χ3v) is 4.25. The maximum atomic E-state index is 6.31. The number of hydrogen-bond acceptors (Lipinski definition) is 2. The average Bonchev–Trinajstić information content (AvgIpc) is 2.85. The van der Waals surface area contributed by atoms with Gasteiger partial charge in [0, 0.05) is 17.7 Å². The lowest BCUT2D eigenvalue weighted by atomic mass is 9.87. The van der Waals surface area contributed by atoms with Crippen LogP contribution in [-0.4, -0.2) is 14.6 Å². The van der Waals surface area contributed by atoms with E-state index in [-0.39, 0.29) is 0 Å². The summed E-state index contributed by atoms with van der Waals surface area (Å²) in [5.74, 6) is 0.598. The average molecular weight is 278 g/mol. The van der Waals surface area contributed by atoms with Crippen molar-refractivity contribution in [3.05, 3.63) is 28.7 Å². The molecule has 0 spiro atoms. The van der Waals surface area contributed by atoms with Gasteiger partial charge in [-0.25, -0.2) is 9.50 Å². The second kappa shape index (κ2) is 5.49. The van der Waals surface area contributed by atoms with Crippen molar-refractivity contribution in [1.29, 1.82) is 0 Å². The molecule has 1 aliphatic carbocycles. The van der Waals surface area contributed by atoms with Gasteiger partial charge in [-0.05, 0) is 25.3 Å². The zero-order valence-electron chi connectivity index (χ0n) is 11.4. The fourth-order valence-corrected chi connectivity index (χ4v) is 3.24. The Morgan fingerprint density at radius 3 is 2.79 bits per heavy atom. The summed E-state index contributed by atoms with van der Waals surface area (Å²) in [6.45, 7) is 2.16. The predicted octanol–water partition coefficient (Wildman–Crippen LogP) is 4.38. The second-order valence-corrected chi connectivity index (χ2v) is 5.88. The molecule has 0 aromatic carbocycles. The quantitative estimate of drug-likeness (QED) is 0.779. The lowest BCUT2D eigenvalue weighted by Gasteiger charge is -2.18. The largest absolute Gasteiger partial charge is 0.233 e. The molecule has 2 aromatic rings. The summed E-state index contributed by atoms with van der Waals surface area (Å²) in [4.78, 5) is 4.66. The first kappa shape index (κ1) is 12.9. The molecule has 2 aromatic heterocycles. The number of rotatable bonds is 3. The first-order valence-corrected chi connectivity index (χ1v) is 7.71. The van der Waals surface area contributed by atoms with Gasteiger partial charge in [0.1, 0.15) is 5.15 Å². The van der Waals surface area contributed by atoms with Gasteiger partial charge < -0.3 is 0 Å². The SMILES string of the molecule is CCCc1cc(Cl)n2nc(C3CCCCC3)cc2n1. The Bertz CT molecular complexity index is 570. The summed E-state index contributed by atoms with van der Waals surface area (Å²) in [6, 6.07) is 4.07. The highest BCUT2D eigenvalue weighted by molar-refractivity contribution is 6.29. The minimum Gasteiger partial charge on any atom is -0.233 e. The third-order valence-electron chi connectivity index (χ3n) is 3.99. The number of fused-ring (bicyclic) bond motifs is 1. The van der Waals surface area contributed by atoms with Gasteiger partial charge in [0.15, 0.2) is 5.65 Å². The molecule has 19 heavy (non-hydrogen) atoms. The lowest BCUT2D eigenvalue weighted by molar-refractivity contribution is 0.435. The molecule has 0 atom stereocenters. The Hall–Kier alpha value is -1.09. The van der Waals surface area contributed by atoms with Crippen molar-refractivity contribution in [2.24, 2.45) is 0 Å². The summed E-state index contributed by atoms with van der Waals surface area (Å²) in [5.41, 5.74) is 3.13. The standard InChI is InChI=1S/C15H20ClN3/c1-2-6-12-9-14(16)19-15(17-12)10-13(18-19)11-7-4-3-5-8-11/h9-11H,2-8H2,1H3. The minimum atomic E-state index is 0.598. The molecule has 3 rings (SSSR count). The van der Waals surface area contributed by atoms with Gasteiger partial charge >= 0.3 is 0 Å². The highest BCUT2D eigenvalue weighted by atomic mass is 35.5. The van der Waals surface area contributed by atoms with Crippen LogP contribution in [0.1, 0.15) is 62.8 Å². The molecule has 0 N–H and O–H groups in total. The fourth-order valence-electron chi connectivity index (χ4n) is 2.99. The highest BCUT2D eigenvalue weighted by Crippen LogP contribution is 2.32. The van der Waals surface area contributed by atoms with Gasteiger partial charge in [-0.1, -0.05) is 44.2 Å². The van der Waals surface area contributed by atoms with Gasteiger partial charge in [-0.15, -0.1) is 0 Å². The van der Waals surface area contributed by atoms with Gasteiger partial charge in [0.25, 0.3) is 0 Å². The van der Waals surface area contributed by atoms with Crippen molar-refractivity contribution in [2.45, 2.75) is 57.8 Å². The van der Waals surface area contributed by atoms with Crippen LogP contribution in [0.2, 0.25) is 5.15 Å². The van der Waals surface area contributed by atoms with Crippen LogP contribution in [0.4, 0.5) is 0 Å². The van der Waals surface area contributed by atoms with Gasteiger partial charge in [0.2, 0.25) is 0 Å². The van der Waals surface area contributed by atoms with E-state index < -0.39 is 0 Å². The molecule has 102 valence electrons. The van der Waals surface area contributed by atoms with E-state index in [9.17, 15) is 0 Å². The van der Waals surface area contributed by atoms with Crippen LogP contribution < -0.4 is 0 Å². The van der Waals surface area contributed by atoms with E-state index in [1.54, 1.807) is 4.52 Å². The first-order chi connectivity index (χ1) is 9.28. The maximum absolute atomic E-state index is 6.31. The molecule has 0 radical (unpaired) electrons. The van der Waals surface area contributed by atoms with Crippen LogP contribution in [-0.2, 0) is 6.42 Å². The smallest absolute Gasteiger partial charge is 0.157 e. The number of nitrogens with zero attached hydrogens (tertiary/aromatic N) is 3. The molecule has 0 bridgehead atoms. The van der Waals surface area contributed by atoms with E-state index in [0.29, 0.717) is 11.1 Å². The number of aromatic nitrogens is 3. The number of aryl methyl sites for hydroxylation is 1. The molecule has 0 amide bonds. The predicted molar refractivity (Wildman–Crippen MR) is 77.8 cm³/mol. The summed E-state index contributed by atoms with van der Waals surface area (Å²) < 4.78 is 1.78. The van der Waals surface area contributed by atoms with E-state index >= 15 is 0 Å². The van der Waals surface area contributed by atoms with Gasteiger partial charge in [-0.3, -0.25) is 0 Å². The minimum absolute atomic E-state index is 0.598. The zero-order chi connectivity index (χ0) is 13.2. The maximum Gasteiger partial charge on any atom is 0.157 e. The van der Waals surface area contributed by atoms with Crippen LogP contribution in [0.3, 0.4) is 0 Å². The molecule has 1 saturated carbocycles. The summed E-state index contributed by atoms with van der Waals surface area (Å²) in [6.07, 6.45) is 8.57. The molecule has 2 heterocycles. The third kappa shape index (κ3) is 2.62. The molecule has 0 saturated heterocycles. The fraction of sp³-hybridized carbons (Fsp3) is 0.600. The van der Waals surface area contributed by atoms with E-state index in [0.717, 1.165) is 24.2 Å². The molecule has 0 unspecified atom stereocenters. The number of halogens is 1. The van der Waals surface area contributed by atoms with Crippen LogP contribution >= 0.6 is 11.6 Å². The van der Waals surface area contributed by atoms with Crippen molar-refractivity contribution < 1.29 is 0 Å².